The number of para-hydroxylation sites is 1. The Morgan fingerprint density at radius 3 is 2.26 bits per heavy atom. The second-order valence-electron chi connectivity index (χ2n) is 7.92. The number of hydrogen-bond donors (Lipinski definition) is 0. The summed E-state index contributed by atoms with van der Waals surface area (Å²) in [6, 6.07) is 15.8. The second kappa shape index (κ2) is 8.55. The van der Waals surface area contributed by atoms with Crippen LogP contribution in [0.25, 0.3) is 39.4 Å². The summed E-state index contributed by atoms with van der Waals surface area (Å²) < 4.78 is 20.5. The molecule has 0 aliphatic carbocycles. The summed E-state index contributed by atoms with van der Waals surface area (Å²) in [6.45, 7) is 1.95. The van der Waals surface area contributed by atoms with Gasteiger partial charge in [0.1, 0.15) is 23.0 Å². The van der Waals surface area contributed by atoms with Crippen molar-refractivity contribution in [2.45, 2.75) is 6.92 Å². The maximum absolute atomic E-state index is 5.62. The van der Waals surface area contributed by atoms with Gasteiger partial charge in [0, 0.05) is 30.4 Å². The minimum atomic E-state index is 0.514. The number of aryl methyl sites for hydroxylation is 2. The predicted molar refractivity (Wildman–Crippen MR) is 131 cm³/mol. The lowest BCUT2D eigenvalue weighted by molar-refractivity contribution is 0.394. The molecule has 5 rings (SSSR count). The molecule has 0 fully saturated rings. The molecule has 5 aromatic rings. The number of aromatic nitrogens is 5. The van der Waals surface area contributed by atoms with Crippen molar-refractivity contribution in [2.24, 2.45) is 7.05 Å². The summed E-state index contributed by atoms with van der Waals surface area (Å²) in [6.07, 6.45) is 3.69. The van der Waals surface area contributed by atoms with E-state index in [0.717, 1.165) is 45.1 Å². The van der Waals surface area contributed by atoms with E-state index in [-0.39, 0.29) is 0 Å². The molecule has 0 bridgehead atoms. The van der Waals surface area contributed by atoms with Gasteiger partial charge in [-0.2, -0.15) is 0 Å². The maximum Gasteiger partial charge on any atom is 0.238 e. The van der Waals surface area contributed by atoms with Gasteiger partial charge in [-0.1, -0.05) is 12.1 Å². The zero-order valence-electron chi connectivity index (χ0n) is 19.7. The lowest BCUT2D eigenvalue weighted by atomic mass is 10.1. The highest BCUT2D eigenvalue weighted by Crippen LogP contribution is 2.35. The number of benzene rings is 2. The van der Waals surface area contributed by atoms with Crippen LogP contribution in [0.3, 0.4) is 0 Å². The van der Waals surface area contributed by atoms with Crippen LogP contribution in [0.1, 0.15) is 5.69 Å². The Balaban J connectivity index is 1.65. The predicted octanol–water partition coefficient (Wildman–Crippen LogP) is 4.82. The highest BCUT2D eigenvalue weighted by Gasteiger charge is 2.17. The fraction of sp³-hybridized carbons (Fsp3) is 0.192. The summed E-state index contributed by atoms with van der Waals surface area (Å²) in [5, 5.41) is 0. The highest BCUT2D eigenvalue weighted by molar-refractivity contribution is 5.93. The van der Waals surface area contributed by atoms with E-state index in [1.165, 1.54) is 0 Å². The van der Waals surface area contributed by atoms with Gasteiger partial charge in [0.2, 0.25) is 5.88 Å². The number of rotatable bonds is 6. The monoisotopic (exact) mass is 455 g/mol. The Hall–Kier alpha value is -4.33. The largest absolute Gasteiger partial charge is 0.497 e. The molecular formula is C26H25N5O3. The number of methoxy groups -OCH3 is 3. The topological polar surface area (TPSA) is 76.2 Å². The van der Waals surface area contributed by atoms with Gasteiger partial charge in [0.15, 0.2) is 0 Å². The Labute approximate surface area is 197 Å². The van der Waals surface area contributed by atoms with Gasteiger partial charge in [0.05, 0.1) is 50.1 Å². The van der Waals surface area contributed by atoms with E-state index >= 15 is 0 Å². The molecule has 3 heterocycles. The molecule has 0 N–H and O–H groups in total. The van der Waals surface area contributed by atoms with Gasteiger partial charge in [-0.15, -0.1) is 0 Å². The number of hydrogen-bond acceptors (Lipinski definition) is 6. The molecule has 0 amide bonds. The first-order valence-corrected chi connectivity index (χ1v) is 10.8. The van der Waals surface area contributed by atoms with Gasteiger partial charge >= 0.3 is 0 Å². The summed E-state index contributed by atoms with van der Waals surface area (Å²) in [5.41, 5.74) is 6.18. The van der Waals surface area contributed by atoms with Crippen LogP contribution in [-0.2, 0) is 7.05 Å². The van der Waals surface area contributed by atoms with Crippen molar-refractivity contribution in [3.05, 3.63) is 66.7 Å². The van der Waals surface area contributed by atoms with E-state index in [2.05, 4.69) is 9.55 Å². The zero-order valence-corrected chi connectivity index (χ0v) is 19.7. The summed E-state index contributed by atoms with van der Waals surface area (Å²) in [5.74, 6) is 2.73. The van der Waals surface area contributed by atoms with E-state index in [4.69, 9.17) is 24.2 Å². The number of ether oxygens (including phenoxy) is 3. The molecule has 8 heteroatoms. The molecule has 0 aliphatic rings. The summed E-state index contributed by atoms with van der Waals surface area (Å²) in [7, 11) is 6.90. The third-order valence-corrected chi connectivity index (χ3v) is 5.82. The molecule has 0 saturated carbocycles. The Morgan fingerprint density at radius 1 is 0.853 bits per heavy atom. The van der Waals surface area contributed by atoms with Crippen LogP contribution >= 0.6 is 0 Å². The van der Waals surface area contributed by atoms with Crippen molar-refractivity contribution >= 4 is 11.0 Å². The van der Waals surface area contributed by atoms with Crippen LogP contribution in [0.5, 0.6) is 17.4 Å². The van der Waals surface area contributed by atoms with Gasteiger partial charge in [0.25, 0.3) is 0 Å². The number of pyridine rings is 1. The molecule has 0 radical (unpaired) electrons. The third-order valence-electron chi connectivity index (χ3n) is 5.82. The van der Waals surface area contributed by atoms with Crippen LogP contribution in [0.2, 0.25) is 0 Å². The molecule has 0 saturated heterocycles. The quantitative estimate of drug-likeness (QED) is 0.365. The smallest absolute Gasteiger partial charge is 0.238 e. The standard InChI is InChI=1S/C26H25N5O3/c1-16-14-31(15-27-16)23-10-9-21(28-26(23)34-5)20-7-6-8-22-24(20)29-25(30(22)2)17-11-18(32-3)13-19(12-17)33-4/h6-15H,1-5H3. The van der Waals surface area contributed by atoms with E-state index in [9.17, 15) is 0 Å². The number of imidazole rings is 2. The normalized spacial score (nSPS) is 11.1. The Kier molecular flexibility index (Phi) is 5.41. The lowest BCUT2D eigenvalue weighted by Gasteiger charge is -2.10. The van der Waals surface area contributed by atoms with E-state index in [1.807, 2.05) is 73.3 Å². The average Bonchev–Trinajstić information content (AvgIpc) is 3.46. The van der Waals surface area contributed by atoms with Crippen molar-refractivity contribution in [1.82, 2.24) is 24.1 Å². The van der Waals surface area contributed by atoms with Gasteiger partial charge < -0.3 is 23.3 Å². The zero-order chi connectivity index (χ0) is 23.8. The van der Waals surface area contributed by atoms with E-state index < -0.39 is 0 Å². The van der Waals surface area contributed by atoms with Crippen molar-refractivity contribution in [3.63, 3.8) is 0 Å². The molecule has 2 aromatic carbocycles. The van der Waals surface area contributed by atoms with Gasteiger partial charge in [-0.05, 0) is 37.3 Å². The first-order chi connectivity index (χ1) is 16.5. The minimum absolute atomic E-state index is 0.514. The molecule has 0 atom stereocenters. The molecule has 0 unspecified atom stereocenters. The first-order valence-electron chi connectivity index (χ1n) is 10.8. The first kappa shape index (κ1) is 21.5. The molecule has 0 aliphatic heterocycles. The van der Waals surface area contributed by atoms with E-state index in [0.29, 0.717) is 17.4 Å². The van der Waals surface area contributed by atoms with Gasteiger partial charge in [-0.25, -0.2) is 15.0 Å². The molecular weight excluding hydrogens is 430 g/mol. The molecule has 3 aromatic heterocycles. The van der Waals surface area contributed by atoms with Crippen molar-refractivity contribution in [1.29, 1.82) is 0 Å². The van der Waals surface area contributed by atoms with Crippen molar-refractivity contribution in [3.8, 4) is 45.7 Å². The molecule has 34 heavy (non-hydrogen) atoms. The molecule has 172 valence electrons. The Bertz CT molecular complexity index is 1480. The fourth-order valence-electron chi connectivity index (χ4n) is 4.10. The average molecular weight is 456 g/mol. The second-order valence-corrected chi connectivity index (χ2v) is 7.92. The molecule has 0 spiro atoms. The Morgan fingerprint density at radius 2 is 1.62 bits per heavy atom. The third kappa shape index (κ3) is 3.63. The van der Waals surface area contributed by atoms with Crippen LogP contribution in [0, 0.1) is 6.92 Å². The van der Waals surface area contributed by atoms with E-state index in [1.54, 1.807) is 27.7 Å². The van der Waals surface area contributed by atoms with Gasteiger partial charge in [-0.3, -0.25) is 0 Å². The van der Waals surface area contributed by atoms with Crippen LogP contribution in [0.4, 0.5) is 0 Å². The SMILES string of the molecule is COc1cc(OC)cc(-c2nc3c(-c4ccc(-n5cnc(C)c5)c(OC)n4)cccc3n2C)c1. The number of nitrogens with zero attached hydrogens (tertiary/aromatic N) is 5. The van der Waals surface area contributed by atoms with Crippen LogP contribution in [0.15, 0.2) is 61.1 Å². The summed E-state index contributed by atoms with van der Waals surface area (Å²) >= 11 is 0. The van der Waals surface area contributed by atoms with Crippen molar-refractivity contribution in [2.75, 3.05) is 21.3 Å². The van der Waals surface area contributed by atoms with Crippen LogP contribution in [-0.4, -0.2) is 45.4 Å². The van der Waals surface area contributed by atoms with Crippen LogP contribution < -0.4 is 14.2 Å². The minimum Gasteiger partial charge on any atom is -0.497 e. The lowest BCUT2D eigenvalue weighted by Crippen LogP contribution is -1.99. The number of fused-ring (bicyclic) bond motifs is 1. The summed E-state index contributed by atoms with van der Waals surface area (Å²) in [4.78, 5) is 14.1. The highest BCUT2D eigenvalue weighted by atomic mass is 16.5. The fourth-order valence-corrected chi connectivity index (χ4v) is 4.10. The van der Waals surface area contributed by atoms with Crippen molar-refractivity contribution < 1.29 is 14.2 Å². The maximum atomic E-state index is 5.62. The molecule has 8 nitrogen and oxygen atoms in total.